The molecule has 5 rings (SSSR count). The van der Waals surface area contributed by atoms with E-state index in [1.165, 1.54) is 20.4 Å². The Balaban J connectivity index is 1.66. The number of aromatic nitrogens is 3. The average Bonchev–Trinajstić information content (AvgIpc) is 3.39. The summed E-state index contributed by atoms with van der Waals surface area (Å²) in [4.78, 5) is 32.2. The van der Waals surface area contributed by atoms with Gasteiger partial charge in [0.05, 0.1) is 59.7 Å². The molecule has 1 unspecified atom stereocenters. The van der Waals surface area contributed by atoms with Gasteiger partial charge in [-0.1, -0.05) is 0 Å². The summed E-state index contributed by atoms with van der Waals surface area (Å²) >= 11 is 0. The van der Waals surface area contributed by atoms with Crippen LogP contribution >= 0.6 is 0 Å². The first-order valence-electron chi connectivity index (χ1n) is 9.94. The third kappa shape index (κ3) is 2.88. The highest BCUT2D eigenvalue weighted by atomic mass is 32.2. The Bertz CT molecular complexity index is 1410. The van der Waals surface area contributed by atoms with Crippen LogP contribution in [0.2, 0.25) is 0 Å². The highest BCUT2D eigenvalue weighted by Gasteiger charge is 2.42. The minimum atomic E-state index is -3.14. The van der Waals surface area contributed by atoms with Crippen molar-refractivity contribution in [1.29, 1.82) is 0 Å². The smallest absolute Gasteiger partial charge is 0.267 e. The van der Waals surface area contributed by atoms with Crippen molar-refractivity contribution in [2.24, 2.45) is 0 Å². The van der Waals surface area contributed by atoms with E-state index in [9.17, 15) is 18.0 Å². The molecule has 3 aromatic rings. The number of pyridine rings is 1. The number of amides is 2. The summed E-state index contributed by atoms with van der Waals surface area (Å²) < 4.78 is 36.1. The van der Waals surface area contributed by atoms with E-state index in [2.05, 4.69) is 10.1 Å². The number of hydrogen-bond donors (Lipinski definition) is 0. The SMILES string of the molecule is COc1ccc(OC)c(N2C(=O)c3cnc4c(c(C)nn4C4CCS(=O)(=O)C4)c3C2=O)c1. The van der Waals surface area contributed by atoms with Crippen LogP contribution in [0.3, 0.4) is 0 Å². The number of rotatable bonds is 4. The van der Waals surface area contributed by atoms with Crippen molar-refractivity contribution in [3.05, 3.63) is 41.2 Å². The predicted molar refractivity (Wildman–Crippen MR) is 115 cm³/mol. The monoisotopic (exact) mass is 456 g/mol. The Hall–Kier alpha value is -3.47. The molecule has 1 aromatic carbocycles. The second-order valence-corrected chi connectivity index (χ2v) is 10.0. The molecule has 32 heavy (non-hydrogen) atoms. The predicted octanol–water partition coefficient (Wildman–Crippen LogP) is 1.92. The topological polar surface area (TPSA) is 121 Å². The first-order valence-corrected chi connectivity index (χ1v) is 11.8. The normalized spacial score (nSPS) is 19.6. The van der Waals surface area contributed by atoms with Crippen LogP contribution in [0.1, 0.15) is 38.9 Å². The van der Waals surface area contributed by atoms with Gasteiger partial charge in [-0.3, -0.25) is 9.59 Å². The number of nitrogens with zero attached hydrogens (tertiary/aromatic N) is 4. The Morgan fingerprint density at radius 2 is 1.91 bits per heavy atom. The van der Waals surface area contributed by atoms with Crippen LogP contribution < -0.4 is 14.4 Å². The van der Waals surface area contributed by atoms with Crippen molar-refractivity contribution in [1.82, 2.24) is 14.8 Å². The molecule has 0 aliphatic carbocycles. The molecule has 2 aliphatic heterocycles. The fourth-order valence-electron chi connectivity index (χ4n) is 4.40. The number of benzene rings is 1. The summed E-state index contributed by atoms with van der Waals surface area (Å²) in [6, 6.07) is 4.49. The Morgan fingerprint density at radius 1 is 1.12 bits per heavy atom. The molecule has 10 nitrogen and oxygen atoms in total. The second-order valence-electron chi connectivity index (χ2n) is 7.82. The van der Waals surface area contributed by atoms with E-state index >= 15 is 0 Å². The van der Waals surface area contributed by atoms with Gasteiger partial charge >= 0.3 is 0 Å². The summed E-state index contributed by atoms with van der Waals surface area (Å²) in [5, 5.41) is 4.95. The molecule has 0 bridgehead atoms. The molecule has 1 saturated heterocycles. The number of sulfone groups is 1. The van der Waals surface area contributed by atoms with Crippen molar-refractivity contribution >= 4 is 38.4 Å². The van der Waals surface area contributed by atoms with Crippen molar-refractivity contribution in [2.75, 3.05) is 30.6 Å². The Morgan fingerprint density at radius 3 is 2.56 bits per heavy atom. The summed E-state index contributed by atoms with van der Waals surface area (Å²) in [5.41, 5.74) is 1.53. The fraction of sp³-hybridized carbons (Fsp3) is 0.333. The first kappa shape index (κ1) is 20.4. The van der Waals surface area contributed by atoms with E-state index in [0.29, 0.717) is 34.6 Å². The number of fused-ring (bicyclic) bond motifs is 3. The zero-order valence-electron chi connectivity index (χ0n) is 17.7. The molecule has 2 aliphatic rings. The van der Waals surface area contributed by atoms with Crippen LogP contribution in [-0.4, -0.2) is 60.7 Å². The van der Waals surface area contributed by atoms with Crippen LogP contribution in [0.5, 0.6) is 11.5 Å². The Labute approximate surface area is 183 Å². The summed E-state index contributed by atoms with van der Waals surface area (Å²) in [6.45, 7) is 1.72. The molecule has 166 valence electrons. The summed E-state index contributed by atoms with van der Waals surface area (Å²) in [7, 11) is -0.197. The average molecular weight is 456 g/mol. The van der Waals surface area contributed by atoms with E-state index in [4.69, 9.17) is 9.47 Å². The van der Waals surface area contributed by atoms with Crippen molar-refractivity contribution in [3.8, 4) is 11.5 Å². The second kappa shape index (κ2) is 7.02. The van der Waals surface area contributed by atoms with Crippen LogP contribution in [0.4, 0.5) is 5.69 Å². The lowest BCUT2D eigenvalue weighted by atomic mass is 10.1. The lowest BCUT2D eigenvalue weighted by molar-refractivity contribution is 0.0925. The number of hydrogen-bond acceptors (Lipinski definition) is 8. The summed E-state index contributed by atoms with van der Waals surface area (Å²) in [6.07, 6.45) is 1.78. The number of imide groups is 1. The third-order valence-corrected chi connectivity index (χ3v) is 7.68. The third-order valence-electron chi connectivity index (χ3n) is 5.93. The molecular weight excluding hydrogens is 436 g/mol. The maximum Gasteiger partial charge on any atom is 0.267 e. The van der Waals surface area contributed by atoms with Crippen LogP contribution in [0, 0.1) is 6.92 Å². The molecule has 2 aromatic heterocycles. The van der Waals surface area contributed by atoms with E-state index in [1.807, 2.05) is 0 Å². The minimum Gasteiger partial charge on any atom is -0.497 e. The molecule has 4 heterocycles. The molecule has 1 fully saturated rings. The van der Waals surface area contributed by atoms with Crippen molar-refractivity contribution in [3.63, 3.8) is 0 Å². The summed E-state index contributed by atoms with van der Waals surface area (Å²) in [5.74, 6) is -0.182. The van der Waals surface area contributed by atoms with Gasteiger partial charge in [-0.15, -0.1) is 0 Å². The molecule has 1 atom stereocenters. The standard InChI is InChI=1S/C21H20N4O6S/c1-11-17-18-14(9-22-19(17)25(23-11)12-6-7-32(28,29)10-12)20(26)24(21(18)27)15-8-13(30-2)4-5-16(15)31-3/h4-5,8-9,12H,6-7,10H2,1-3H3. The lowest BCUT2D eigenvalue weighted by Gasteiger charge is -2.18. The number of carbonyl (C=O) groups excluding carboxylic acids is 2. The lowest BCUT2D eigenvalue weighted by Crippen LogP contribution is -2.29. The van der Waals surface area contributed by atoms with Gasteiger partial charge in [0.25, 0.3) is 11.8 Å². The highest BCUT2D eigenvalue weighted by molar-refractivity contribution is 7.91. The van der Waals surface area contributed by atoms with Gasteiger partial charge in [0.1, 0.15) is 11.5 Å². The van der Waals surface area contributed by atoms with E-state index in [1.54, 1.807) is 29.8 Å². The zero-order valence-corrected chi connectivity index (χ0v) is 18.5. The number of carbonyl (C=O) groups is 2. The van der Waals surface area contributed by atoms with E-state index < -0.39 is 21.7 Å². The Kier molecular flexibility index (Phi) is 4.48. The van der Waals surface area contributed by atoms with Gasteiger partial charge in [0.2, 0.25) is 0 Å². The van der Waals surface area contributed by atoms with Gasteiger partial charge in [-0.25, -0.2) is 23.0 Å². The van der Waals surface area contributed by atoms with Gasteiger partial charge in [0.15, 0.2) is 15.5 Å². The molecule has 0 N–H and O–H groups in total. The number of aryl methyl sites for hydroxylation is 1. The number of anilines is 1. The minimum absolute atomic E-state index is 0.0258. The largest absolute Gasteiger partial charge is 0.497 e. The van der Waals surface area contributed by atoms with E-state index in [-0.39, 0.29) is 34.4 Å². The molecule has 0 saturated carbocycles. The first-order chi connectivity index (χ1) is 15.3. The van der Waals surface area contributed by atoms with Crippen LogP contribution in [0.25, 0.3) is 11.0 Å². The van der Waals surface area contributed by atoms with Crippen molar-refractivity contribution in [2.45, 2.75) is 19.4 Å². The number of methoxy groups -OCH3 is 2. The van der Waals surface area contributed by atoms with Crippen molar-refractivity contribution < 1.29 is 27.5 Å². The highest BCUT2D eigenvalue weighted by Crippen LogP contribution is 2.40. The van der Waals surface area contributed by atoms with Gasteiger partial charge in [-0.05, 0) is 25.5 Å². The van der Waals surface area contributed by atoms with Gasteiger partial charge < -0.3 is 9.47 Å². The zero-order chi connectivity index (χ0) is 22.8. The maximum atomic E-state index is 13.5. The molecular formula is C21H20N4O6S. The van der Waals surface area contributed by atoms with Gasteiger partial charge in [-0.2, -0.15) is 5.10 Å². The molecule has 0 radical (unpaired) electrons. The molecule has 0 spiro atoms. The van der Waals surface area contributed by atoms with E-state index in [0.717, 1.165) is 4.90 Å². The maximum absolute atomic E-state index is 13.5. The molecule has 11 heteroatoms. The number of ether oxygens (including phenoxy) is 2. The van der Waals surface area contributed by atoms with Crippen LogP contribution in [-0.2, 0) is 9.84 Å². The fourth-order valence-corrected chi connectivity index (χ4v) is 6.09. The molecule has 2 amide bonds. The van der Waals surface area contributed by atoms with Crippen LogP contribution in [0.15, 0.2) is 24.4 Å². The van der Waals surface area contributed by atoms with Gasteiger partial charge in [0, 0.05) is 12.3 Å². The quantitative estimate of drug-likeness (QED) is 0.546.